The largest absolute Gasteiger partial charge is 0.265 e. The molecule has 0 atom stereocenters. The van der Waals surface area contributed by atoms with E-state index >= 15 is 0 Å². The molecule has 0 fully saturated rings. The molecular formula is C15H5BrN4. The van der Waals surface area contributed by atoms with Gasteiger partial charge in [0.1, 0.15) is 0 Å². The van der Waals surface area contributed by atoms with Crippen LogP contribution in [0.5, 0.6) is 0 Å². The van der Waals surface area contributed by atoms with Gasteiger partial charge in [-0.2, -0.15) is 0 Å². The normalized spacial score (nSPS) is 17.1. The summed E-state index contributed by atoms with van der Waals surface area (Å²) in [6.07, 6.45) is 0.266. The highest BCUT2D eigenvalue weighted by atomic mass is 79.9. The lowest BCUT2D eigenvalue weighted by Gasteiger charge is -2.02. The van der Waals surface area contributed by atoms with E-state index in [0.29, 0.717) is 11.1 Å². The zero-order valence-corrected chi connectivity index (χ0v) is 11.7. The highest BCUT2D eigenvalue weighted by Crippen LogP contribution is 2.44. The Labute approximate surface area is 124 Å². The predicted molar refractivity (Wildman–Crippen MR) is 77.0 cm³/mol. The Morgan fingerprint density at radius 1 is 1.05 bits per heavy atom. The lowest BCUT2D eigenvalue weighted by molar-refractivity contribution is 1.42. The second-order valence-corrected chi connectivity index (χ2v) is 4.88. The van der Waals surface area contributed by atoms with Crippen LogP contribution in [0.15, 0.2) is 34.1 Å². The van der Waals surface area contributed by atoms with Gasteiger partial charge in [-0.05, 0) is 40.8 Å². The molecule has 0 bridgehead atoms. The standard InChI is InChI=1S/C15H5BrN4/c1-19-14(7-17)12-6-13(15(8-18)20-2)11-5-9(16)3-4-10(11)12/h3-5H,6H2/b14-12-,15-13-. The van der Waals surface area contributed by atoms with Crippen molar-refractivity contribution >= 4 is 27.1 Å². The number of nitriles is 2. The summed E-state index contributed by atoms with van der Waals surface area (Å²) in [7, 11) is 0. The quantitative estimate of drug-likeness (QED) is 0.532. The summed E-state index contributed by atoms with van der Waals surface area (Å²) in [5.41, 5.74) is 2.64. The Hall–Kier alpha value is -2.86. The van der Waals surface area contributed by atoms with Crippen LogP contribution in [0.1, 0.15) is 17.5 Å². The monoisotopic (exact) mass is 320 g/mol. The van der Waals surface area contributed by atoms with Gasteiger partial charge in [-0.1, -0.05) is 22.0 Å². The molecule has 0 unspecified atom stereocenters. The molecule has 1 aromatic carbocycles. The van der Waals surface area contributed by atoms with Gasteiger partial charge in [-0.25, -0.2) is 20.2 Å². The van der Waals surface area contributed by atoms with Crippen molar-refractivity contribution in [3.63, 3.8) is 0 Å². The van der Waals surface area contributed by atoms with Crippen molar-refractivity contribution in [2.45, 2.75) is 6.42 Å². The maximum absolute atomic E-state index is 9.05. The van der Waals surface area contributed by atoms with Crippen molar-refractivity contribution in [1.29, 1.82) is 10.5 Å². The molecule has 2 rings (SSSR count). The molecule has 0 saturated heterocycles. The van der Waals surface area contributed by atoms with E-state index in [1.807, 2.05) is 18.2 Å². The lowest BCUT2D eigenvalue weighted by atomic mass is 10.1. The van der Waals surface area contributed by atoms with Gasteiger partial charge in [0.25, 0.3) is 11.4 Å². The van der Waals surface area contributed by atoms with Crippen molar-refractivity contribution in [2.24, 2.45) is 0 Å². The van der Waals surface area contributed by atoms with Crippen molar-refractivity contribution < 1.29 is 0 Å². The van der Waals surface area contributed by atoms with Crippen LogP contribution in [-0.4, -0.2) is 0 Å². The van der Waals surface area contributed by atoms with Crippen LogP contribution in [0, 0.1) is 35.8 Å². The van der Waals surface area contributed by atoms with E-state index in [1.54, 1.807) is 12.1 Å². The first kappa shape index (κ1) is 13.6. The first-order chi connectivity index (χ1) is 9.65. The fourth-order valence-electron chi connectivity index (χ4n) is 2.14. The average molecular weight is 321 g/mol. The summed E-state index contributed by atoms with van der Waals surface area (Å²) in [4.78, 5) is 6.46. The minimum atomic E-state index is 0.00150. The first-order valence-electron chi connectivity index (χ1n) is 5.48. The zero-order valence-electron chi connectivity index (χ0n) is 10.1. The Kier molecular flexibility index (Phi) is 3.67. The van der Waals surface area contributed by atoms with E-state index in [1.165, 1.54) is 0 Å². The van der Waals surface area contributed by atoms with Crippen LogP contribution in [-0.2, 0) is 0 Å². The number of nitrogens with zero attached hydrogens (tertiary/aromatic N) is 4. The fraction of sp³-hybridized carbons (Fsp3) is 0.0667. The Balaban J connectivity index is 2.86. The third-order valence-corrected chi connectivity index (χ3v) is 3.49. The summed E-state index contributed by atoms with van der Waals surface area (Å²) in [6, 6.07) is 9.16. The molecule has 0 aromatic heterocycles. The number of halogens is 1. The number of benzene rings is 1. The third kappa shape index (κ3) is 2.08. The molecule has 0 spiro atoms. The molecule has 0 amide bonds. The van der Waals surface area contributed by atoms with Crippen LogP contribution in [0.3, 0.4) is 0 Å². The Morgan fingerprint density at radius 2 is 1.60 bits per heavy atom. The summed E-state index contributed by atoms with van der Waals surface area (Å²) >= 11 is 3.35. The van der Waals surface area contributed by atoms with Crippen LogP contribution in [0.4, 0.5) is 0 Å². The second kappa shape index (κ2) is 5.41. The molecule has 0 radical (unpaired) electrons. The van der Waals surface area contributed by atoms with Gasteiger partial charge in [0.15, 0.2) is 0 Å². The third-order valence-electron chi connectivity index (χ3n) is 2.99. The maximum atomic E-state index is 9.05. The zero-order chi connectivity index (χ0) is 14.7. The number of hydrogen-bond acceptors (Lipinski definition) is 2. The van der Waals surface area contributed by atoms with Gasteiger partial charge in [0, 0.05) is 4.47 Å². The lowest BCUT2D eigenvalue weighted by Crippen LogP contribution is -1.84. The second-order valence-electron chi connectivity index (χ2n) is 3.97. The highest BCUT2D eigenvalue weighted by molar-refractivity contribution is 9.10. The predicted octanol–water partition coefficient (Wildman–Crippen LogP) is 4.16. The van der Waals surface area contributed by atoms with Gasteiger partial charge in [0.05, 0.1) is 25.3 Å². The average Bonchev–Trinajstić information content (AvgIpc) is 2.81. The molecule has 1 aromatic rings. The summed E-state index contributed by atoms with van der Waals surface area (Å²) in [6.45, 7) is 14.1. The molecule has 4 nitrogen and oxygen atoms in total. The molecule has 20 heavy (non-hydrogen) atoms. The summed E-state index contributed by atoms with van der Waals surface area (Å²) in [5, 5.41) is 18.1. The van der Waals surface area contributed by atoms with Gasteiger partial charge in [-0.15, -0.1) is 0 Å². The van der Waals surface area contributed by atoms with E-state index < -0.39 is 0 Å². The minimum absolute atomic E-state index is 0.00150. The molecular weight excluding hydrogens is 316 g/mol. The van der Waals surface area contributed by atoms with Gasteiger partial charge in [0.2, 0.25) is 0 Å². The van der Waals surface area contributed by atoms with E-state index in [4.69, 9.17) is 23.7 Å². The summed E-state index contributed by atoms with van der Waals surface area (Å²) < 4.78 is 0.818. The van der Waals surface area contributed by atoms with Crippen molar-refractivity contribution in [1.82, 2.24) is 0 Å². The molecule has 1 aliphatic carbocycles. The van der Waals surface area contributed by atoms with Gasteiger partial charge >= 0.3 is 0 Å². The first-order valence-corrected chi connectivity index (χ1v) is 6.27. The van der Waals surface area contributed by atoms with Crippen LogP contribution in [0.2, 0.25) is 0 Å². The summed E-state index contributed by atoms with van der Waals surface area (Å²) in [5.74, 6) is 0. The van der Waals surface area contributed by atoms with E-state index in [-0.39, 0.29) is 17.8 Å². The molecule has 5 heteroatoms. The number of allylic oxidation sites excluding steroid dienone is 4. The van der Waals surface area contributed by atoms with Gasteiger partial charge in [-0.3, -0.25) is 0 Å². The molecule has 0 heterocycles. The smallest absolute Gasteiger partial charge is 0.226 e. The number of fused-ring (bicyclic) bond motifs is 1. The van der Waals surface area contributed by atoms with E-state index in [9.17, 15) is 0 Å². The fourth-order valence-corrected chi connectivity index (χ4v) is 2.50. The Morgan fingerprint density at radius 3 is 2.10 bits per heavy atom. The van der Waals surface area contributed by atoms with Gasteiger partial charge < -0.3 is 0 Å². The van der Waals surface area contributed by atoms with Crippen LogP contribution < -0.4 is 0 Å². The maximum Gasteiger partial charge on any atom is 0.265 e. The van der Waals surface area contributed by atoms with Crippen LogP contribution in [0.25, 0.3) is 20.8 Å². The number of rotatable bonds is 0. The SMILES string of the molecule is [C-]#[N+]/C(C#N)=C1/C/C(=C(\C#N)[N+]#[C-])c2cc(Br)ccc21. The molecule has 92 valence electrons. The van der Waals surface area contributed by atoms with E-state index in [0.717, 1.165) is 15.6 Å². The Bertz CT molecular complexity index is 801. The molecule has 1 aliphatic rings. The van der Waals surface area contributed by atoms with Crippen molar-refractivity contribution in [2.75, 3.05) is 0 Å². The molecule has 0 saturated carbocycles. The minimum Gasteiger partial charge on any atom is -0.226 e. The number of hydrogen-bond donors (Lipinski definition) is 0. The van der Waals surface area contributed by atoms with Crippen molar-refractivity contribution in [3.05, 3.63) is 68.0 Å². The molecule has 0 aliphatic heterocycles. The molecule has 0 N–H and O–H groups in total. The van der Waals surface area contributed by atoms with Crippen molar-refractivity contribution in [3.8, 4) is 12.1 Å². The van der Waals surface area contributed by atoms with E-state index in [2.05, 4.69) is 25.6 Å². The topological polar surface area (TPSA) is 56.3 Å². The van der Waals surface area contributed by atoms with Crippen LogP contribution >= 0.6 is 15.9 Å². The highest BCUT2D eigenvalue weighted by Gasteiger charge is 2.26.